The van der Waals surface area contributed by atoms with E-state index in [0.29, 0.717) is 39.6 Å². The number of thioether (sulfide) groups is 1. The number of hydrogen-bond donors (Lipinski definition) is 1. The quantitative estimate of drug-likeness (QED) is 0.214. The van der Waals surface area contributed by atoms with Gasteiger partial charge in [0.25, 0.3) is 11.5 Å². The lowest BCUT2D eigenvalue weighted by Gasteiger charge is -2.19. The molecule has 0 fully saturated rings. The van der Waals surface area contributed by atoms with E-state index < -0.39 is 5.25 Å². The van der Waals surface area contributed by atoms with Crippen molar-refractivity contribution >= 4 is 40.0 Å². The smallest absolute Gasteiger partial charge is 0.262 e. The third-order valence-corrected chi connectivity index (χ3v) is 6.70. The molecular formula is C25H27N3O4S. The van der Waals surface area contributed by atoms with Crippen LogP contribution in [0.2, 0.25) is 0 Å². The van der Waals surface area contributed by atoms with Gasteiger partial charge in [-0.05, 0) is 43.7 Å². The zero-order valence-corrected chi connectivity index (χ0v) is 19.6. The monoisotopic (exact) mass is 465 g/mol. The first-order chi connectivity index (χ1) is 16.0. The SMILES string of the molecule is CCCCCCn1c(SC(C)C(=O)c2ccc3c(c2)NC(=O)CO3)nc2ccccc2c1=O. The molecule has 8 heteroatoms. The van der Waals surface area contributed by atoms with E-state index in [1.807, 2.05) is 25.1 Å². The maximum atomic E-state index is 13.2. The second kappa shape index (κ2) is 10.2. The molecule has 0 radical (unpaired) electrons. The molecule has 1 amide bonds. The minimum Gasteiger partial charge on any atom is -0.482 e. The Morgan fingerprint density at radius 1 is 1.18 bits per heavy atom. The maximum Gasteiger partial charge on any atom is 0.262 e. The van der Waals surface area contributed by atoms with Crippen molar-refractivity contribution in [2.45, 2.75) is 56.5 Å². The van der Waals surface area contributed by atoms with E-state index in [0.717, 1.165) is 25.7 Å². The number of aromatic nitrogens is 2. The fraction of sp³-hybridized carbons (Fsp3) is 0.360. The Morgan fingerprint density at radius 2 is 2.00 bits per heavy atom. The molecule has 172 valence electrons. The molecule has 7 nitrogen and oxygen atoms in total. The molecule has 0 saturated heterocycles. The van der Waals surface area contributed by atoms with Crippen LogP contribution in [0, 0.1) is 0 Å². The highest BCUT2D eigenvalue weighted by Crippen LogP contribution is 2.31. The summed E-state index contributed by atoms with van der Waals surface area (Å²) in [6, 6.07) is 12.3. The van der Waals surface area contributed by atoms with E-state index in [-0.39, 0.29) is 23.9 Å². The van der Waals surface area contributed by atoms with Gasteiger partial charge in [-0.3, -0.25) is 19.0 Å². The second-order valence-corrected chi connectivity index (χ2v) is 9.41. The normalized spacial score (nSPS) is 13.8. The van der Waals surface area contributed by atoms with Crippen LogP contribution in [0.1, 0.15) is 49.9 Å². The van der Waals surface area contributed by atoms with Gasteiger partial charge < -0.3 is 10.1 Å². The van der Waals surface area contributed by atoms with Crippen LogP contribution in [0.4, 0.5) is 5.69 Å². The highest BCUT2D eigenvalue weighted by molar-refractivity contribution is 8.00. The first-order valence-electron chi connectivity index (χ1n) is 11.2. The van der Waals surface area contributed by atoms with Gasteiger partial charge in [-0.15, -0.1) is 0 Å². The Balaban J connectivity index is 1.60. The number of fused-ring (bicyclic) bond motifs is 2. The van der Waals surface area contributed by atoms with Gasteiger partial charge in [-0.1, -0.05) is 50.1 Å². The van der Waals surface area contributed by atoms with Crippen LogP contribution in [0.3, 0.4) is 0 Å². The molecule has 1 unspecified atom stereocenters. The van der Waals surface area contributed by atoms with Crippen molar-refractivity contribution in [3.63, 3.8) is 0 Å². The number of nitrogens with zero attached hydrogens (tertiary/aromatic N) is 2. The van der Waals surface area contributed by atoms with Crippen molar-refractivity contribution in [3.8, 4) is 5.75 Å². The van der Waals surface area contributed by atoms with E-state index in [2.05, 4.69) is 12.2 Å². The van der Waals surface area contributed by atoms with Crippen LogP contribution in [0.5, 0.6) is 5.75 Å². The Kier molecular flexibility index (Phi) is 7.13. The Labute approximate surface area is 196 Å². The number of nitrogens with one attached hydrogen (secondary N) is 1. The lowest BCUT2D eigenvalue weighted by Crippen LogP contribution is -2.26. The van der Waals surface area contributed by atoms with Gasteiger partial charge in [0.2, 0.25) is 0 Å². The summed E-state index contributed by atoms with van der Waals surface area (Å²) >= 11 is 1.29. The van der Waals surface area contributed by atoms with E-state index in [1.54, 1.807) is 28.8 Å². The number of anilines is 1. The lowest BCUT2D eigenvalue weighted by atomic mass is 10.1. The van der Waals surface area contributed by atoms with Crippen molar-refractivity contribution in [1.29, 1.82) is 0 Å². The number of benzene rings is 2. The van der Waals surface area contributed by atoms with Gasteiger partial charge in [0.05, 0.1) is 21.8 Å². The number of hydrogen-bond acceptors (Lipinski definition) is 6. The van der Waals surface area contributed by atoms with Gasteiger partial charge in [-0.2, -0.15) is 0 Å². The van der Waals surface area contributed by atoms with E-state index in [1.165, 1.54) is 11.8 Å². The summed E-state index contributed by atoms with van der Waals surface area (Å²) in [6.07, 6.45) is 4.15. The third-order valence-electron chi connectivity index (χ3n) is 5.61. The highest BCUT2D eigenvalue weighted by Gasteiger charge is 2.23. The van der Waals surface area contributed by atoms with Crippen molar-refractivity contribution in [2.24, 2.45) is 0 Å². The number of rotatable bonds is 9. The first-order valence-corrected chi connectivity index (χ1v) is 12.1. The number of unbranched alkanes of at least 4 members (excludes halogenated alkanes) is 3. The minimum absolute atomic E-state index is 0.0318. The summed E-state index contributed by atoms with van der Waals surface area (Å²) in [5, 5.41) is 3.39. The topological polar surface area (TPSA) is 90.3 Å². The van der Waals surface area contributed by atoms with E-state index in [9.17, 15) is 14.4 Å². The molecule has 0 aliphatic carbocycles. The van der Waals surface area contributed by atoms with Gasteiger partial charge >= 0.3 is 0 Å². The fourth-order valence-electron chi connectivity index (χ4n) is 3.81. The molecule has 1 N–H and O–H groups in total. The molecule has 0 bridgehead atoms. The van der Waals surface area contributed by atoms with Gasteiger partial charge in [-0.25, -0.2) is 4.98 Å². The molecule has 1 aromatic heterocycles. The van der Waals surface area contributed by atoms with Crippen molar-refractivity contribution in [1.82, 2.24) is 9.55 Å². The summed E-state index contributed by atoms with van der Waals surface area (Å²) in [4.78, 5) is 42.7. The Hall–Kier alpha value is -3.13. The van der Waals surface area contributed by atoms with Crippen molar-refractivity contribution < 1.29 is 14.3 Å². The maximum absolute atomic E-state index is 13.2. The number of ketones is 1. The standard InChI is InChI=1S/C25H27N3O4S/c1-3-4-5-8-13-28-24(31)18-9-6-7-10-19(18)27-25(28)33-16(2)23(30)17-11-12-21-20(14-17)26-22(29)15-32-21/h6-7,9-12,14,16H,3-5,8,13,15H2,1-2H3,(H,26,29). The van der Waals surface area contributed by atoms with Crippen LogP contribution >= 0.6 is 11.8 Å². The van der Waals surface area contributed by atoms with Crippen LogP contribution in [-0.2, 0) is 11.3 Å². The fourth-order valence-corrected chi connectivity index (χ4v) is 4.83. The number of amides is 1. The summed E-state index contributed by atoms with van der Waals surface area (Å²) < 4.78 is 7.08. The predicted molar refractivity (Wildman–Crippen MR) is 130 cm³/mol. The third kappa shape index (κ3) is 5.11. The summed E-state index contributed by atoms with van der Waals surface area (Å²) in [5.41, 5.74) is 1.51. The number of para-hydroxylation sites is 1. The molecule has 0 spiro atoms. The van der Waals surface area contributed by atoms with E-state index in [4.69, 9.17) is 9.72 Å². The minimum atomic E-state index is -0.474. The van der Waals surface area contributed by atoms with Gasteiger partial charge in [0, 0.05) is 12.1 Å². The molecule has 2 aromatic carbocycles. The molecule has 33 heavy (non-hydrogen) atoms. The average molecular weight is 466 g/mol. The summed E-state index contributed by atoms with van der Waals surface area (Å²) in [6.45, 7) is 4.50. The number of carbonyl (C=O) groups is 2. The lowest BCUT2D eigenvalue weighted by molar-refractivity contribution is -0.118. The summed E-state index contributed by atoms with van der Waals surface area (Å²) in [5.74, 6) is 0.188. The number of Topliss-reactive ketones (excluding diaryl/α,β-unsaturated/α-hetero) is 1. The number of ether oxygens (including phenoxy) is 1. The van der Waals surface area contributed by atoms with Crippen LogP contribution in [0.25, 0.3) is 10.9 Å². The van der Waals surface area contributed by atoms with Crippen LogP contribution in [-0.4, -0.2) is 33.1 Å². The molecule has 0 saturated carbocycles. The zero-order valence-electron chi connectivity index (χ0n) is 18.8. The van der Waals surface area contributed by atoms with Crippen LogP contribution < -0.4 is 15.6 Å². The van der Waals surface area contributed by atoms with Gasteiger partial charge in [0.15, 0.2) is 17.5 Å². The first kappa shape index (κ1) is 23.0. The van der Waals surface area contributed by atoms with Crippen LogP contribution in [0.15, 0.2) is 52.4 Å². The molecule has 1 aliphatic rings. The second-order valence-electron chi connectivity index (χ2n) is 8.10. The van der Waals surface area contributed by atoms with Gasteiger partial charge in [0.1, 0.15) is 5.75 Å². The largest absolute Gasteiger partial charge is 0.482 e. The molecule has 1 aliphatic heterocycles. The summed E-state index contributed by atoms with van der Waals surface area (Å²) in [7, 11) is 0. The highest BCUT2D eigenvalue weighted by atomic mass is 32.2. The molecule has 1 atom stereocenters. The Bertz CT molecular complexity index is 1250. The van der Waals surface area contributed by atoms with Crippen molar-refractivity contribution in [3.05, 3.63) is 58.4 Å². The number of carbonyl (C=O) groups excluding carboxylic acids is 2. The van der Waals surface area contributed by atoms with Crippen molar-refractivity contribution in [2.75, 3.05) is 11.9 Å². The molecule has 4 rings (SSSR count). The van der Waals surface area contributed by atoms with E-state index >= 15 is 0 Å². The molecule has 2 heterocycles. The Morgan fingerprint density at radius 3 is 2.82 bits per heavy atom. The zero-order chi connectivity index (χ0) is 23.4. The molecule has 3 aromatic rings. The molecular weight excluding hydrogens is 438 g/mol. The predicted octanol–water partition coefficient (Wildman–Crippen LogP) is 4.67. The average Bonchev–Trinajstić information content (AvgIpc) is 2.82.